The molecule has 1 aliphatic rings. The Morgan fingerprint density at radius 1 is 0.893 bits per heavy atom. The number of pyridine rings is 2. The van der Waals surface area contributed by atoms with Crippen molar-refractivity contribution in [1.82, 2.24) is 19.3 Å². The summed E-state index contributed by atoms with van der Waals surface area (Å²) in [6.07, 6.45) is 9.37. The van der Waals surface area contributed by atoms with Crippen LogP contribution in [0.15, 0.2) is 79.3 Å². The van der Waals surface area contributed by atoms with Crippen LogP contribution in [0.2, 0.25) is 0 Å². The van der Waals surface area contributed by atoms with E-state index in [-0.39, 0.29) is 0 Å². The second kappa shape index (κ2) is 7.06. The Morgan fingerprint density at radius 3 is 2.61 bits per heavy atom. The van der Waals surface area contributed by atoms with Gasteiger partial charge in [0.15, 0.2) is 0 Å². The Hall–Kier alpha value is -3.24. The average Bonchev–Trinajstić information content (AvgIpc) is 3.18. The Labute approximate surface area is 164 Å². The monoisotopic (exact) mass is 366 g/mol. The highest BCUT2D eigenvalue weighted by atomic mass is 15.1. The van der Waals surface area contributed by atoms with Crippen molar-refractivity contribution in [3.05, 3.63) is 84.8 Å². The first kappa shape index (κ1) is 16.9. The van der Waals surface area contributed by atoms with E-state index >= 15 is 0 Å². The van der Waals surface area contributed by atoms with E-state index in [0.29, 0.717) is 0 Å². The molecule has 0 amide bonds. The predicted octanol–water partition coefficient (Wildman–Crippen LogP) is 4.78. The van der Waals surface area contributed by atoms with Gasteiger partial charge >= 0.3 is 0 Å². The molecule has 0 radical (unpaired) electrons. The number of hydrogen-bond acceptors (Lipinski definition) is 3. The first-order chi connectivity index (χ1) is 13.8. The van der Waals surface area contributed by atoms with Crippen LogP contribution in [0.4, 0.5) is 0 Å². The van der Waals surface area contributed by atoms with E-state index in [4.69, 9.17) is 0 Å². The molecular formula is C24H22N4. The summed E-state index contributed by atoms with van der Waals surface area (Å²) < 4.78 is 2.16. The lowest BCUT2D eigenvalue weighted by molar-refractivity contribution is 0.370. The van der Waals surface area contributed by atoms with Gasteiger partial charge in [-0.2, -0.15) is 0 Å². The molecular weight excluding hydrogens is 344 g/mol. The van der Waals surface area contributed by atoms with Gasteiger partial charge < -0.3 is 4.90 Å². The molecule has 1 aromatic carbocycles. The van der Waals surface area contributed by atoms with E-state index in [1.165, 1.54) is 11.1 Å². The highest BCUT2D eigenvalue weighted by molar-refractivity contribution is 5.73. The largest absolute Gasteiger partial charge is 0.302 e. The van der Waals surface area contributed by atoms with Crippen LogP contribution in [0.25, 0.3) is 33.7 Å². The summed E-state index contributed by atoms with van der Waals surface area (Å²) in [6, 6.07) is 18.8. The first-order valence-corrected chi connectivity index (χ1v) is 9.65. The van der Waals surface area contributed by atoms with E-state index in [9.17, 15) is 0 Å². The topological polar surface area (TPSA) is 33.4 Å². The molecule has 0 unspecified atom stereocenters. The van der Waals surface area contributed by atoms with Gasteiger partial charge in [-0.05, 0) is 48.9 Å². The number of likely N-dealkylation sites (N-methyl/N-ethyl adjacent to an activating group) is 1. The maximum atomic E-state index is 4.67. The van der Waals surface area contributed by atoms with E-state index < -0.39 is 0 Å². The number of aromatic nitrogens is 3. The number of imidazole rings is 1. The molecule has 1 aliphatic heterocycles. The summed E-state index contributed by atoms with van der Waals surface area (Å²) in [6.45, 7) is 2.12. The summed E-state index contributed by atoms with van der Waals surface area (Å²) in [5.41, 5.74) is 7.96. The van der Waals surface area contributed by atoms with Crippen molar-refractivity contribution in [2.75, 3.05) is 20.1 Å². The van der Waals surface area contributed by atoms with Crippen LogP contribution < -0.4 is 0 Å². The quantitative estimate of drug-likeness (QED) is 0.523. The predicted molar refractivity (Wildman–Crippen MR) is 114 cm³/mol. The highest BCUT2D eigenvalue weighted by Gasteiger charge is 2.12. The van der Waals surface area contributed by atoms with Gasteiger partial charge in [-0.3, -0.25) is 9.38 Å². The molecule has 4 aromatic rings. The summed E-state index contributed by atoms with van der Waals surface area (Å²) in [5.74, 6) is 0. The smallest absolute Gasteiger partial charge is 0.137 e. The lowest BCUT2D eigenvalue weighted by Gasteiger charge is -2.22. The van der Waals surface area contributed by atoms with Crippen molar-refractivity contribution in [1.29, 1.82) is 0 Å². The molecule has 4 heterocycles. The number of nitrogens with zero attached hydrogens (tertiary/aromatic N) is 4. The zero-order valence-electron chi connectivity index (χ0n) is 15.9. The van der Waals surface area contributed by atoms with Crippen LogP contribution in [0.1, 0.15) is 12.0 Å². The summed E-state index contributed by atoms with van der Waals surface area (Å²) in [5, 5.41) is 0. The fraction of sp³-hybridized carbons (Fsp3) is 0.167. The molecule has 0 fully saturated rings. The van der Waals surface area contributed by atoms with Crippen LogP contribution in [0.5, 0.6) is 0 Å². The number of fused-ring (bicyclic) bond motifs is 1. The van der Waals surface area contributed by atoms with Crippen LogP contribution in [0, 0.1) is 0 Å². The van der Waals surface area contributed by atoms with Crippen molar-refractivity contribution < 1.29 is 0 Å². The van der Waals surface area contributed by atoms with Gasteiger partial charge in [-0.15, -0.1) is 0 Å². The Bertz CT molecular complexity index is 1160. The molecule has 4 heteroatoms. The molecule has 0 spiro atoms. The van der Waals surface area contributed by atoms with E-state index in [0.717, 1.165) is 47.7 Å². The molecule has 138 valence electrons. The van der Waals surface area contributed by atoms with Gasteiger partial charge in [0, 0.05) is 36.6 Å². The van der Waals surface area contributed by atoms with Crippen LogP contribution >= 0.6 is 0 Å². The van der Waals surface area contributed by atoms with Crippen LogP contribution in [-0.2, 0) is 0 Å². The molecule has 0 aliphatic carbocycles. The van der Waals surface area contributed by atoms with E-state index in [1.54, 1.807) is 0 Å². The minimum Gasteiger partial charge on any atom is -0.302 e. The fourth-order valence-corrected chi connectivity index (χ4v) is 3.78. The van der Waals surface area contributed by atoms with Crippen molar-refractivity contribution in [2.24, 2.45) is 0 Å². The molecule has 0 saturated heterocycles. The van der Waals surface area contributed by atoms with Crippen molar-refractivity contribution in [3.63, 3.8) is 0 Å². The van der Waals surface area contributed by atoms with Crippen molar-refractivity contribution in [2.45, 2.75) is 6.42 Å². The molecule has 0 atom stereocenters. The zero-order valence-corrected chi connectivity index (χ0v) is 15.9. The van der Waals surface area contributed by atoms with Gasteiger partial charge in [0.2, 0.25) is 0 Å². The third kappa shape index (κ3) is 3.12. The van der Waals surface area contributed by atoms with E-state index in [2.05, 4.69) is 68.9 Å². The first-order valence-electron chi connectivity index (χ1n) is 9.65. The standard InChI is InChI=1S/C24H22N4/c1-27-12-8-18(9-13-27)20-10-14-28-23(17-26-24(28)16-20)21-7-11-25-22(15-21)19-5-3-2-4-6-19/h2-8,10-11,14-17H,9,12-13H2,1H3. The second-order valence-corrected chi connectivity index (χ2v) is 7.32. The molecule has 4 nitrogen and oxygen atoms in total. The molecule has 5 rings (SSSR count). The average molecular weight is 366 g/mol. The second-order valence-electron chi connectivity index (χ2n) is 7.32. The summed E-state index contributed by atoms with van der Waals surface area (Å²) in [4.78, 5) is 11.5. The number of hydrogen-bond donors (Lipinski definition) is 0. The van der Waals surface area contributed by atoms with Gasteiger partial charge in [-0.25, -0.2) is 4.98 Å². The third-order valence-corrected chi connectivity index (χ3v) is 5.42. The van der Waals surface area contributed by atoms with Crippen molar-refractivity contribution >= 4 is 11.2 Å². The van der Waals surface area contributed by atoms with Gasteiger partial charge in [-0.1, -0.05) is 36.4 Å². The van der Waals surface area contributed by atoms with E-state index in [1.807, 2.05) is 36.7 Å². The Kier molecular flexibility index (Phi) is 4.26. The molecule has 0 bridgehead atoms. The van der Waals surface area contributed by atoms with Crippen LogP contribution in [-0.4, -0.2) is 39.4 Å². The normalized spacial score (nSPS) is 15.0. The molecule has 28 heavy (non-hydrogen) atoms. The zero-order chi connectivity index (χ0) is 18.9. The van der Waals surface area contributed by atoms with Crippen molar-refractivity contribution in [3.8, 4) is 22.5 Å². The minimum atomic E-state index is 0.973. The highest BCUT2D eigenvalue weighted by Crippen LogP contribution is 2.27. The molecule has 0 N–H and O–H groups in total. The van der Waals surface area contributed by atoms with Gasteiger partial charge in [0.05, 0.1) is 17.6 Å². The number of benzene rings is 1. The van der Waals surface area contributed by atoms with Gasteiger partial charge in [0.1, 0.15) is 5.65 Å². The van der Waals surface area contributed by atoms with Gasteiger partial charge in [0.25, 0.3) is 0 Å². The molecule has 3 aromatic heterocycles. The minimum absolute atomic E-state index is 0.973. The Balaban J connectivity index is 1.52. The number of rotatable bonds is 3. The Morgan fingerprint density at radius 2 is 1.79 bits per heavy atom. The lowest BCUT2D eigenvalue weighted by Crippen LogP contribution is -2.23. The van der Waals surface area contributed by atoms with Crippen LogP contribution in [0.3, 0.4) is 0 Å². The maximum Gasteiger partial charge on any atom is 0.137 e. The summed E-state index contributed by atoms with van der Waals surface area (Å²) in [7, 11) is 2.16. The molecule has 0 saturated carbocycles. The SMILES string of the molecule is CN1CC=C(c2ccn3c(-c4ccnc(-c5ccccc5)c4)cnc3c2)CC1. The third-order valence-electron chi connectivity index (χ3n) is 5.42. The maximum absolute atomic E-state index is 4.67. The lowest BCUT2D eigenvalue weighted by atomic mass is 10.0. The fourth-order valence-electron chi connectivity index (χ4n) is 3.78. The summed E-state index contributed by atoms with van der Waals surface area (Å²) >= 11 is 0.